The number of amides is 1. The molecule has 0 saturated heterocycles. The van der Waals surface area contributed by atoms with Crippen LogP contribution < -0.4 is 0 Å². The highest BCUT2D eigenvalue weighted by molar-refractivity contribution is 5.94. The Labute approximate surface area is 89.7 Å². The normalized spacial score (nSPS) is 10.1. The van der Waals surface area contributed by atoms with Crippen molar-refractivity contribution < 1.29 is 9.18 Å². The van der Waals surface area contributed by atoms with E-state index in [4.69, 9.17) is 6.92 Å². The average molecular weight is 207 g/mol. The van der Waals surface area contributed by atoms with E-state index in [2.05, 4.69) is 0 Å². The van der Waals surface area contributed by atoms with Gasteiger partial charge >= 0.3 is 0 Å². The highest BCUT2D eigenvalue weighted by Crippen LogP contribution is 2.07. The summed E-state index contributed by atoms with van der Waals surface area (Å²) in [5.74, 6) is -0.178. The van der Waals surface area contributed by atoms with E-state index >= 15 is 0 Å². The molecule has 0 atom stereocenters. The highest BCUT2D eigenvalue weighted by Gasteiger charge is 2.13. The minimum Gasteiger partial charge on any atom is -0.336 e. The molecule has 0 bridgehead atoms. The molecule has 1 aromatic carbocycles. The van der Waals surface area contributed by atoms with Crippen LogP contribution in [-0.2, 0) is 0 Å². The van der Waals surface area contributed by atoms with E-state index in [1.807, 2.05) is 6.92 Å². The Hall–Kier alpha value is -1.38. The van der Waals surface area contributed by atoms with Crippen LogP contribution in [-0.4, -0.2) is 30.6 Å². The van der Waals surface area contributed by atoms with Gasteiger partial charge in [-0.05, 0) is 31.5 Å². The van der Waals surface area contributed by atoms with Crippen molar-refractivity contribution in [3.05, 3.63) is 42.3 Å². The quantitative estimate of drug-likeness (QED) is 0.741. The van der Waals surface area contributed by atoms with Gasteiger partial charge in [0.1, 0.15) is 6.67 Å². The molecule has 1 rings (SSSR count). The molecule has 2 radical (unpaired) electrons. The van der Waals surface area contributed by atoms with Crippen LogP contribution in [0.25, 0.3) is 0 Å². The van der Waals surface area contributed by atoms with E-state index in [0.29, 0.717) is 17.7 Å². The van der Waals surface area contributed by atoms with E-state index < -0.39 is 6.67 Å². The summed E-state index contributed by atoms with van der Waals surface area (Å²) in [6, 6.07) is 6.71. The summed E-state index contributed by atoms with van der Waals surface area (Å²) in [4.78, 5) is 13.3. The molecule has 0 fully saturated rings. The molecule has 2 nitrogen and oxygen atoms in total. The fourth-order valence-electron chi connectivity index (χ4n) is 1.36. The SMILES string of the molecule is [CH]c1cccc(C(=O)N(CC)CCF)c1. The monoisotopic (exact) mass is 207 g/mol. The van der Waals surface area contributed by atoms with Crippen molar-refractivity contribution in [2.75, 3.05) is 19.8 Å². The van der Waals surface area contributed by atoms with Crippen LogP contribution in [0.3, 0.4) is 0 Å². The number of carbonyl (C=O) groups excluding carboxylic acids is 1. The van der Waals surface area contributed by atoms with Crippen molar-refractivity contribution in [3.63, 3.8) is 0 Å². The number of halogens is 1. The fourth-order valence-corrected chi connectivity index (χ4v) is 1.36. The first-order chi connectivity index (χ1) is 7.19. The number of nitrogens with zero attached hydrogens (tertiary/aromatic N) is 1. The second-order valence-electron chi connectivity index (χ2n) is 3.20. The average Bonchev–Trinajstić information content (AvgIpc) is 2.25. The topological polar surface area (TPSA) is 20.3 Å². The van der Waals surface area contributed by atoms with Gasteiger partial charge in [0.25, 0.3) is 5.91 Å². The second kappa shape index (κ2) is 5.49. The van der Waals surface area contributed by atoms with Crippen molar-refractivity contribution in [1.29, 1.82) is 0 Å². The lowest BCUT2D eigenvalue weighted by molar-refractivity contribution is 0.0754. The minimum absolute atomic E-state index is 0.129. The van der Waals surface area contributed by atoms with Crippen molar-refractivity contribution >= 4 is 5.91 Å². The van der Waals surface area contributed by atoms with Crippen LogP contribution in [0.4, 0.5) is 4.39 Å². The molecule has 0 aliphatic heterocycles. The molecule has 0 N–H and O–H groups in total. The molecular formula is C12H14FNO. The number of rotatable bonds is 4. The molecule has 1 aromatic rings. The Bertz CT molecular complexity index is 338. The predicted molar refractivity (Wildman–Crippen MR) is 57.4 cm³/mol. The number of alkyl halides is 1. The Morgan fingerprint density at radius 1 is 1.53 bits per heavy atom. The molecule has 15 heavy (non-hydrogen) atoms. The third kappa shape index (κ3) is 3.05. The van der Waals surface area contributed by atoms with Gasteiger partial charge in [-0.25, -0.2) is 4.39 Å². The maximum absolute atomic E-state index is 12.2. The van der Waals surface area contributed by atoms with Crippen LogP contribution in [0, 0.1) is 6.92 Å². The van der Waals surface area contributed by atoms with Gasteiger partial charge in [-0.3, -0.25) is 4.79 Å². The largest absolute Gasteiger partial charge is 0.336 e. The van der Waals surface area contributed by atoms with Crippen molar-refractivity contribution in [3.8, 4) is 0 Å². The molecule has 0 heterocycles. The summed E-state index contributed by atoms with van der Waals surface area (Å²) in [6.45, 7) is 7.49. The summed E-state index contributed by atoms with van der Waals surface area (Å²) < 4.78 is 12.2. The number of carbonyl (C=O) groups is 1. The predicted octanol–water partition coefficient (Wildman–Crippen LogP) is 2.18. The van der Waals surface area contributed by atoms with Crippen LogP contribution >= 0.6 is 0 Å². The van der Waals surface area contributed by atoms with Crippen LogP contribution in [0.2, 0.25) is 0 Å². The van der Waals surface area contributed by atoms with Gasteiger partial charge in [0.15, 0.2) is 0 Å². The first kappa shape index (κ1) is 11.7. The molecule has 0 aliphatic carbocycles. The first-order valence-electron chi connectivity index (χ1n) is 4.89. The molecular weight excluding hydrogens is 193 g/mol. The molecule has 3 heteroatoms. The van der Waals surface area contributed by atoms with Gasteiger partial charge in [-0.15, -0.1) is 0 Å². The van der Waals surface area contributed by atoms with Gasteiger partial charge < -0.3 is 4.90 Å². The van der Waals surface area contributed by atoms with Gasteiger partial charge in [0.2, 0.25) is 0 Å². The van der Waals surface area contributed by atoms with Crippen LogP contribution in [0.1, 0.15) is 22.8 Å². The maximum atomic E-state index is 12.2. The maximum Gasteiger partial charge on any atom is 0.253 e. The van der Waals surface area contributed by atoms with Gasteiger partial charge in [0, 0.05) is 18.7 Å². The summed E-state index contributed by atoms with van der Waals surface area (Å²) in [7, 11) is 0. The lowest BCUT2D eigenvalue weighted by atomic mass is 10.1. The van der Waals surface area contributed by atoms with Gasteiger partial charge in [0.05, 0.1) is 0 Å². The van der Waals surface area contributed by atoms with Gasteiger partial charge in [-0.2, -0.15) is 0 Å². The molecule has 0 saturated carbocycles. The second-order valence-corrected chi connectivity index (χ2v) is 3.20. The zero-order valence-electron chi connectivity index (χ0n) is 8.74. The van der Waals surface area contributed by atoms with E-state index in [1.54, 1.807) is 24.3 Å². The standard InChI is InChI=1S/C12H14FNO/c1-3-14(8-7-13)12(15)11-6-4-5-10(2)9-11/h2,4-6,9H,3,7-8H2,1H3. The molecule has 0 spiro atoms. The van der Waals surface area contributed by atoms with Crippen molar-refractivity contribution in [1.82, 2.24) is 4.90 Å². The van der Waals surface area contributed by atoms with Crippen molar-refractivity contribution in [2.24, 2.45) is 0 Å². The highest BCUT2D eigenvalue weighted by atomic mass is 19.1. The third-order valence-electron chi connectivity index (χ3n) is 2.16. The lowest BCUT2D eigenvalue weighted by Gasteiger charge is -2.19. The number of hydrogen-bond acceptors (Lipinski definition) is 1. The van der Waals surface area contributed by atoms with E-state index in [1.165, 1.54) is 4.90 Å². The van der Waals surface area contributed by atoms with Crippen LogP contribution in [0.15, 0.2) is 24.3 Å². The molecule has 0 aliphatic rings. The van der Waals surface area contributed by atoms with Crippen molar-refractivity contribution in [2.45, 2.75) is 6.92 Å². The smallest absolute Gasteiger partial charge is 0.253 e. The summed E-state index contributed by atoms with van der Waals surface area (Å²) in [5.41, 5.74) is 1.04. The zero-order valence-corrected chi connectivity index (χ0v) is 8.74. The van der Waals surface area contributed by atoms with Gasteiger partial charge in [-0.1, -0.05) is 12.1 Å². The summed E-state index contributed by atoms with van der Waals surface area (Å²) >= 11 is 0. The molecule has 0 aromatic heterocycles. The fraction of sp³-hybridized carbons (Fsp3) is 0.333. The van der Waals surface area contributed by atoms with E-state index in [0.717, 1.165) is 0 Å². The third-order valence-corrected chi connectivity index (χ3v) is 2.16. The zero-order chi connectivity index (χ0) is 11.3. The minimum atomic E-state index is -0.526. The number of hydrogen-bond donors (Lipinski definition) is 0. The molecule has 0 unspecified atom stereocenters. The summed E-state index contributed by atoms with van der Waals surface area (Å²) in [5, 5.41) is 0. The number of benzene rings is 1. The lowest BCUT2D eigenvalue weighted by Crippen LogP contribution is -2.32. The Balaban J connectivity index is 2.82. The van der Waals surface area contributed by atoms with Crippen LogP contribution in [0.5, 0.6) is 0 Å². The van der Waals surface area contributed by atoms with E-state index in [-0.39, 0.29) is 12.5 Å². The summed E-state index contributed by atoms with van der Waals surface area (Å²) in [6.07, 6.45) is 0. The molecule has 1 amide bonds. The Morgan fingerprint density at radius 2 is 2.27 bits per heavy atom. The first-order valence-corrected chi connectivity index (χ1v) is 4.89. The van der Waals surface area contributed by atoms with E-state index in [9.17, 15) is 9.18 Å². The Morgan fingerprint density at radius 3 is 2.80 bits per heavy atom. The molecule has 80 valence electrons. The Kier molecular flexibility index (Phi) is 4.28.